The van der Waals surface area contributed by atoms with Gasteiger partial charge in [0, 0.05) is 18.0 Å². The molecular formula is C12H17NO. The van der Waals surface area contributed by atoms with Crippen LogP contribution in [0.3, 0.4) is 0 Å². The smallest absolute Gasteiger partial charge is 0.0913 e. The highest BCUT2D eigenvalue weighted by molar-refractivity contribution is 5.18. The summed E-state index contributed by atoms with van der Waals surface area (Å²) < 4.78 is 0. The van der Waals surface area contributed by atoms with Crippen LogP contribution in [0.4, 0.5) is 0 Å². The van der Waals surface area contributed by atoms with Crippen molar-refractivity contribution < 1.29 is 5.11 Å². The summed E-state index contributed by atoms with van der Waals surface area (Å²) in [5, 5.41) is 10.5. The van der Waals surface area contributed by atoms with Crippen molar-refractivity contribution in [2.24, 2.45) is 5.92 Å². The average Bonchev–Trinajstić information content (AvgIpc) is 2.19. The summed E-state index contributed by atoms with van der Waals surface area (Å²) >= 11 is 0. The zero-order valence-electron chi connectivity index (χ0n) is 8.61. The summed E-state index contributed by atoms with van der Waals surface area (Å²) in [4.78, 5) is 4.07. The highest BCUT2D eigenvalue weighted by Gasteiger charge is 2.34. The minimum absolute atomic E-state index is 0.619. The van der Waals surface area contributed by atoms with Crippen molar-refractivity contribution in [3.63, 3.8) is 0 Å². The van der Waals surface area contributed by atoms with Gasteiger partial charge in [-0.1, -0.05) is 19.4 Å². The molecule has 1 aliphatic rings. The third kappa shape index (κ3) is 1.80. The normalized spacial score (nSPS) is 32.9. The maximum Gasteiger partial charge on any atom is 0.0913 e. The van der Waals surface area contributed by atoms with E-state index in [-0.39, 0.29) is 0 Å². The van der Waals surface area contributed by atoms with Crippen LogP contribution >= 0.6 is 0 Å². The SMILES string of the molecule is CC1CCCC(O)(c2cccnc2)C1. The molecule has 2 nitrogen and oxygen atoms in total. The number of aromatic nitrogens is 1. The Bertz CT molecular complexity index is 298. The van der Waals surface area contributed by atoms with E-state index >= 15 is 0 Å². The molecule has 1 fully saturated rings. The molecule has 14 heavy (non-hydrogen) atoms. The van der Waals surface area contributed by atoms with E-state index in [0.29, 0.717) is 5.92 Å². The molecule has 1 N–H and O–H groups in total. The molecule has 76 valence electrons. The molecule has 1 aromatic heterocycles. The molecule has 2 rings (SSSR count). The van der Waals surface area contributed by atoms with Gasteiger partial charge < -0.3 is 5.11 Å². The maximum absolute atomic E-state index is 10.5. The quantitative estimate of drug-likeness (QED) is 0.739. The first kappa shape index (κ1) is 9.66. The van der Waals surface area contributed by atoms with Gasteiger partial charge in [-0.2, -0.15) is 0 Å². The van der Waals surface area contributed by atoms with Crippen LogP contribution in [0.25, 0.3) is 0 Å². The number of hydrogen-bond donors (Lipinski definition) is 1. The molecule has 1 aliphatic carbocycles. The fraction of sp³-hybridized carbons (Fsp3) is 0.583. The fourth-order valence-corrected chi connectivity index (χ4v) is 2.42. The molecule has 2 unspecified atom stereocenters. The van der Waals surface area contributed by atoms with Crippen molar-refractivity contribution in [3.05, 3.63) is 30.1 Å². The highest BCUT2D eigenvalue weighted by atomic mass is 16.3. The maximum atomic E-state index is 10.5. The summed E-state index contributed by atoms with van der Waals surface area (Å²) in [5.41, 5.74) is 0.359. The van der Waals surface area contributed by atoms with Crippen LogP contribution in [0.1, 0.15) is 38.2 Å². The Morgan fingerprint density at radius 3 is 3.07 bits per heavy atom. The fourth-order valence-electron chi connectivity index (χ4n) is 2.42. The molecule has 0 radical (unpaired) electrons. The minimum Gasteiger partial charge on any atom is -0.385 e. The number of aliphatic hydroxyl groups is 1. The molecule has 1 heterocycles. The topological polar surface area (TPSA) is 33.1 Å². The number of rotatable bonds is 1. The second-order valence-corrected chi connectivity index (χ2v) is 4.47. The van der Waals surface area contributed by atoms with Crippen LogP contribution in [0.5, 0.6) is 0 Å². The van der Waals surface area contributed by atoms with Gasteiger partial charge >= 0.3 is 0 Å². The Kier molecular flexibility index (Phi) is 2.55. The Hall–Kier alpha value is -0.890. The second kappa shape index (κ2) is 3.70. The van der Waals surface area contributed by atoms with Gasteiger partial charge in [-0.15, -0.1) is 0 Å². The molecule has 0 spiro atoms. The molecule has 0 bridgehead atoms. The van der Waals surface area contributed by atoms with Crippen molar-refractivity contribution >= 4 is 0 Å². The van der Waals surface area contributed by atoms with E-state index in [2.05, 4.69) is 11.9 Å². The standard InChI is InChI=1S/C12H17NO/c1-10-4-2-6-12(14,8-10)11-5-3-7-13-9-11/h3,5,7,9-10,14H,2,4,6,8H2,1H3. The van der Waals surface area contributed by atoms with Crippen LogP contribution in [-0.2, 0) is 5.60 Å². The number of pyridine rings is 1. The van der Waals surface area contributed by atoms with Crippen LogP contribution < -0.4 is 0 Å². The Morgan fingerprint density at radius 1 is 1.57 bits per heavy atom. The summed E-state index contributed by atoms with van der Waals surface area (Å²) in [5.74, 6) is 0.619. The molecule has 2 atom stereocenters. The first-order valence-corrected chi connectivity index (χ1v) is 5.33. The predicted molar refractivity (Wildman–Crippen MR) is 55.8 cm³/mol. The van der Waals surface area contributed by atoms with Gasteiger partial charge in [0.05, 0.1) is 5.60 Å². The highest BCUT2D eigenvalue weighted by Crippen LogP contribution is 2.39. The zero-order chi connectivity index (χ0) is 10.0. The van der Waals surface area contributed by atoms with Crippen LogP contribution in [0, 0.1) is 5.92 Å². The van der Waals surface area contributed by atoms with Gasteiger partial charge in [0.25, 0.3) is 0 Å². The molecule has 1 aromatic rings. The third-order valence-corrected chi connectivity index (χ3v) is 3.17. The van der Waals surface area contributed by atoms with E-state index in [0.717, 1.165) is 24.8 Å². The van der Waals surface area contributed by atoms with Crippen molar-refractivity contribution in [1.82, 2.24) is 4.98 Å². The van der Waals surface area contributed by atoms with Crippen LogP contribution in [0.2, 0.25) is 0 Å². The molecule has 0 aromatic carbocycles. The molecule has 0 amide bonds. The van der Waals surface area contributed by atoms with Gasteiger partial charge in [0.1, 0.15) is 0 Å². The van der Waals surface area contributed by atoms with Gasteiger partial charge in [0.2, 0.25) is 0 Å². The average molecular weight is 191 g/mol. The van der Waals surface area contributed by atoms with Gasteiger partial charge in [-0.3, -0.25) is 4.98 Å². The van der Waals surface area contributed by atoms with Crippen molar-refractivity contribution in [3.8, 4) is 0 Å². The van der Waals surface area contributed by atoms with Gasteiger partial charge in [0.15, 0.2) is 0 Å². The zero-order valence-corrected chi connectivity index (χ0v) is 8.61. The number of hydrogen-bond acceptors (Lipinski definition) is 2. The molecular weight excluding hydrogens is 174 g/mol. The lowest BCUT2D eigenvalue weighted by Crippen LogP contribution is -2.31. The summed E-state index contributed by atoms with van der Waals surface area (Å²) in [6, 6.07) is 3.87. The first-order chi connectivity index (χ1) is 6.71. The van der Waals surface area contributed by atoms with Crippen LogP contribution in [0.15, 0.2) is 24.5 Å². The lowest BCUT2D eigenvalue weighted by atomic mass is 9.75. The second-order valence-electron chi connectivity index (χ2n) is 4.47. The molecule has 2 heteroatoms. The van der Waals surface area contributed by atoms with E-state index in [1.165, 1.54) is 6.42 Å². The summed E-state index contributed by atoms with van der Waals surface area (Å²) in [7, 11) is 0. The van der Waals surface area contributed by atoms with Crippen LogP contribution in [-0.4, -0.2) is 10.1 Å². The van der Waals surface area contributed by atoms with E-state index in [1.54, 1.807) is 12.4 Å². The van der Waals surface area contributed by atoms with Crippen molar-refractivity contribution in [2.75, 3.05) is 0 Å². The Morgan fingerprint density at radius 2 is 2.43 bits per heavy atom. The molecule has 1 saturated carbocycles. The summed E-state index contributed by atoms with van der Waals surface area (Å²) in [6.07, 6.45) is 7.65. The molecule has 0 saturated heterocycles. The lowest BCUT2D eigenvalue weighted by molar-refractivity contribution is -0.0181. The monoisotopic (exact) mass is 191 g/mol. The minimum atomic E-state index is -0.619. The Labute approximate surface area is 85.0 Å². The lowest BCUT2D eigenvalue weighted by Gasteiger charge is -2.35. The summed E-state index contributed by atoms with van der Waals surface area (Å²) in [6.45, 7) is 2.21. The van der Waals surface area contributed by atoms with E-state index in [4.69, 9.17) is 0 Å². The van der Waals surface area contributed by atoms with Crippen molar-refractivity contribution in [2.45, 2.75) is 38.2 Å². The van der Waals surface area contributed by atoms with Gasteiger partial charge in [-0.25, -0.2) is 0 Å². The number of nitrogens with zero attached hydrogens (tertiary/aromatic N) is 1. The first-order valence-electron chi connectivity index (χ1n) is 5.33. The molecule has 0 aliphatic heterocycles. The van der Waals surface area contributed by atoms with Gasteiger partial charge in [-0.05, 0) is 31.2 Å². The van der Waals surface area contributed by atoms with E-state index in [9.17, 15) is 5.11 Å². The Balaban J connectivity index is 2.23. The van der Waals surface area contributed by atoms with E-state index in [1.807, 2.05) is 12.1 Å². The van der Waals surface area contributed by atoms with E-state index < -0.39 is 5.60 Å². The third-order valence-electron chi connectivity index (χ3n) is 3.17. The van der Waals surface area contributed by atoms with Crippen molar-refractivity contribution in [1.29, 1.82) is 0 Å². The predicted octanol–water partition coefficient (Wildman–Crippen LogP) is 2.48. The largest absolute Gasteiger partial charge is 0.385 e.